The van der Waals surface area contributed by atoms with E-state index in [0.29, 0.717) is 18.4 Å². The standard InChI is InChI=1S/C11H13NO4/c1-2-3-10(12(15)16)8-4-6-9(7-5-8)11(13)14/h4-7,10H,2-3H2,1H3,(H,13,14). The largest absolute Gasteiger partial charge is 0.478 e. The number of carbonyl (C=O) groups is 1. The second kappa shape index (κ2) is 5.25. The van der Waals surface area contributed by atoms with Crippen molar-refractivity contribution in [2.75, 3.05) is 0 Å². The highest BCUT2D eigenvalue weighted by Crippen LogP contribution is 2.22. The SMILES string of the molecule is CCCC(c1ccc(C(=O)O)cc1)[N+](=O)[O-]. The molecule has 1 aromatic rings. The lowest BCUT2D eigenvalue weighted by Gasteiger charge is -2.08. The average Bonchev–Trinajstić information content (AvgIpc) is 2.25. The van der Waals surface area contributed by atoms with Gasteiger partial charge in [-0.05, 0) is 18.6 Å². The molecule has 0 spiro atoms. The molecule has 1 aromatic carbocycles. The molecule has 16 heavy (non-hydrogen) atoms. The number of nitro groups is 1. The molecule has 0 aromatic heterocycles. The third-order valence-electron chi connectivity index (χ3n) is 2.36. The molecule has 1 unspecified atom stereocenters. The number of hydrogen-bond acceptors (Lipinski definition) is 3. The van der Waals surface area contributed by atoms with Crippen molar-refractivity contribution in [2.24, 2.45) is 0 Å². The average molecular weight is 223 g/mol. The monoisotopic (exact) mass is 223 g/mol. The number of aromatic carboxylic acids is 1. The molecule has 0 fully saturated rings. The van der Waals surface area contributed by atoms with Crippen LogP contribution in [-0.2, 0) is 0 Å². The molecule has 0 aliphatic carbocycles. The molecule has 5 nitrogen and oxygen atoms in total. The smallest absolute Gasteiger partial charge is 0.335 e. The van der Waals surface area contributed by atoms with Crippen molar-refractivity contribution in [3.8, 4) is 0 Å². The number of benzene rings is 1. The van der Waals surface area contributed by atoms with E-state index in [1.165, 1.54) is 24.3 Å². The van der Waals surface area contributed by atoms with Crippen LogP contribution < -0.4 is 0 Å². The lowest BCUT2D eigenvalue weighted by atomic mass is 10.0. The van der Waals surface area contributed by atoms with Crippen LogP contribution in [0.2, 0.25) is 0 Å². The first kappa shape index (κ1) is 12.2. The van der Waals surface area contributed by atoms with Gasteiger partial charge in [0, 0.05) is 16.9 Å². The van der Waals surface area contributed by atoms with Gasteiger partial charge >= 0.3 is 5.97 Å². The van der Waals surface area contributed by atoms with Gasteiger partial charge in [-0.1, -0.05) is 19.1 Å². The van der Waals surface area contributed by atoms with Crippen LogP contribution in [0.5, 0.6) is 0 Å². The zero-order chi connectivity index (χ0) is 12.1. The highest BCUT2D eigenvalue weighted by Gasteiger charge is 2.21. The van der Waals surface area contributed by atoms with Gasteiger partial charge in [-0.25, -0.2) is 4.79 Å². The first-order valence-corrected chi connectivity index (χ1v) is 5.03. The Labute approximate surface area is 92.9 Å². The summed E-state index contributed by atoms with van der Waals surface area (Å²) >= 11 is 0. The number of hydrogen-bond donors (Lipinski definition) is 1. The Balaban J connectivity index is 2.94. The molecule has 0 amide bonds. The maximum atomic E-state index is 10.8. The van der Waals surface area contributed by atoms with Crippen molar-refractivity contribution < 1.29 is 14.8 Å². The first-order valence-electron chi connectivity index (χ1n) is 5.03. The van der Waals surface area contributed by atoms with Gasteiger partial charge in [0.25, 0.3) is 0 Å². The Morgan fingerprint density at radius 3 is 2.38 bits per heavy atom. The topological polar surface area (TPSA) is 80.4 Å². The Morgan fingerprint density at radius 2 is 2.00 bits per heavy atom. The molecule has 0 heterocycles. The molecule has 1 N–H and O–H groups in total. The van der Waals surface area contributed by atoms with Crippen molar-refractivity contribution in [3.63, 3.8) is 0 Å². The molecule has 1 atom stereocenters. The summed E-state index contributed by atoms with van der Waals surface area (Å²) in [6, 6.07) is 5.06. The molecule has 0 aliphatic rings. The minimum atomic E-state index is -1.03. The third kappa shape index (κ3) is 2.79. The van der Waals surface area contributed by atoms with E-state index in [1.807, 2.05) is 6.92 Å². The van der Waals surface area contributed by atoms with E-state index in [4.69, 9.17) is 5.11 Å². The molecule has 1 rings (SSSR count). The van der Waals surface area contributed by atoms with Gasteiger partial charge in [0.05, 0.1) is 5.56 Å². The van der Waals surface area contributed by atoms with Gasteiger partial charge in [-0.15, -0.1) is 0 Å². The zero-order valence-electron chi connectivity index (χ0n) is 8.92. The van der Waals surface area contributed by atoms with Crippen LogP contribution in [0.4, 0.5) is 0 Å². The van der Waals surface area contributed by atoms with E-state index < -0.39 is 12.0 Å². The van der Waals surface area contributed by atoms with Gasteiger partial charge in [0.15, 0.2) is 0 Å². The number of nitrogens with zero attached hydrogens (tertiary/aromatic N) is 1. The van der Waals surface area contributed by atoms with Crippen LogP contribution in [0.1, 0.15) is 41.7 Å². The Bertz CT molecular complexity index is 385. The zero-order valence-corrected chi connectivity index (χ0v) is 8.92. The molecule has 0 aliphatic heterocycles. The minimum absolute atomic E-state index is 0.141. The second-order valence-corrected chi connectivity index (χ2v) is 3.52. The summed E-state index contributed by atoms with van der Waals surface area (Å²) in [7, 11) is 0. The fourth-order valence-electron chi connectivity index (χ4n) is 1.52. The fourth-order valence-corrected chi connectivity index (χ4v) is 1.52. The number of carboxylic acids is 1. The molecule has 0 saturated carbocycles. The first-order chi connectivity index (χ1) is 7.56. The quantitative estimate of drug-likeness (QED) is 0.614. The summed E-state index contributed by atoms with van der Waals surface area (Å²) in [4.78, 5) is 21.1. The van der Waals surface area contributed by atoms with Gasteiger partial charge in [0.2, 0.25) is 6.04 Å². The summed E-state index contributed by atoms with van der Waals surface area (Å²) in [5.74, 6) is -1.03. The normalized spacial score (nSPS) is 12.1. The summed E-state index contributed by atoms with van der Waals surface area (Å²) in [5.41, 5.74) is 0.694. The molecule has 86 valence electrons. The van der Waals surface area contributed by atoms with Crippen LogP contribution >= 0.6 is 0 Å². The number of carboxylic acid groups (broad SMARTS) is 1. The molecular formula is C11H13NO4. The van der Waals surface area contributed by atoms with Crippen LogP contribution in [0.15, 0.2) is 24.3 Å². The van der Waals surface area contributed by atoms with Crippen molar-refractivity contribution in [3.05, 3.63) is 45.5 Å². The second-order valence-electron chi connectivity index (χ2n) is 3.52. The Morgan fingerprint density at radius 1 is 1.44 bits per heavy atom. The third-order valence-corrected chi connectivity index (χ3v) is 2.36. The lowest BCUT2D eigenvalue weighted by molar-refractivity contribution is -0.530. The van der Waals surface area contributed by atoms with Gasteiger partial charge in [0.1, 0.15) is 0 Å². The predicted molar refractivity (Wildman–Crippen MR) is 58.0 cm³/mol. The lowest BCUT2D eigenvalue weighted by Crippen LogP contribution is -2.10. The van der Waals surface area contributed by atoms with Crippen molar-refractivity contribution in [2.45, 2.75) is 25.8 Å². The van der Waals surface area contributed by atoms with Crippen LogP contribution in [0.3, 0.4) is 0 Å². The van der Waals surface area contributed by atoms with E-state index in [1.54, 1.807) is 0 Å². The van der Waals surface area contributed by atoms with Crippen molar-refractivity contribution >= 4 is 5.97 Å². The fraction of sp³-hybridized carbons (Fsp3) is 0.364. The maximum absolute atomic E-state index is 10.8. The van der Waals surface area contributed by atoms with Crippen LogP contribution in [-0.4, -0.2) is 16.0 Å². The van der Waals surface area contributed by atoms with Crippen molar-refractivity contribution in [1.82, 2.24) is 0 Å². The predicted octanol–water partition coefficient (Wildman–Crippen LogP) is 2.50. The Kier molecular flexibility index (Phi) is 3.99. The van der Waals surface area contributed by atoms with E-state index in [0.717, 1.165) is 0 Å². The molecule has 5 heteroatoms. The maximum Gasteiger partial charge on any atom is 0.335 e. The van der Waals surface area contributed by atoms with E-state index in [2.05, 4.69) is 0 Å². The van der Waals surface area contributed by atoms with E-state index in [9.17, 15) is 14.9 Å². The van der Waals surface area contributed by atoms with Gasteiger partial charge < -0.3 is 5.11 Å². The summed E-state index contributed by atoms with van der Waals surface area (Å²) in [5, 5.41) is 19.5. The molecule has 0 radical (unpaired) electrons. The van der Waals surface area contributed by atoms with Crippen molar-refractivity contribution in [1.29, 1.82) is 0 Å². The molecule has 0 bridgehead atoms. The van der Waals surface area contributed by atoms with Gasteiger partial charge in [-0.3, -0.25) is 10.1 Å². The van der Waals surface area contributed by atoms with E-state index >= 15 is 0 Å². The molecular weight excluding hydrogens is 210 g/mol. The van der Waals surface area contributed by atoms with Gasteiger partial charge in [-0.2, -0.15) is 0 Å². The summed E-state index contributed by atoms with van der Waals surface area (Å²) < 4.78 is 0. The van der Waals surface area contributed by atoms with E-state index in [-0.39, 0.29) is 10.5 Å². The highest BCUT2D eigenvalue weighted by atomic mass is 16.6. The Hall–Kier alpha value is -1.91. The van der Waals surface area contributed by atoms with Crippen LogP contribution in [0.25, 0.3) is 0 Å². The highest BCUT2D eigenvalue weighted by molar-refractivity contribution is 5.87. The number of rotatable bonds is 5. The summed E-state index contributed by atoms with van der Waals surface area (Å²) in [6.07, 6.45) is 1.17. The minimum Gasteiger partial charge on any atom is -0.478 e. The summed E-state index contributed by atoms with van der Waals surface area (Å²) in [6.45, 7) is 1.88. The molecule has 0 saturated heterocycles. The van der Waals surface area contributed by atoms with Crippen LogP contribution in [0, 0.1) is 10.1 Å².